The van der Waals surface area contributed by atoms with E-state index in [1.165, 1.54) is 41.1 Å². The van der Waals surface area contributed by atoms with Gasteiger partial charge in [-0.1, -0.05) is 24.3 Å². The van der Waals surface area contributed by atoms with Crippen molar-refractivity contribution in [3.8, 4) is 0 Å². The average Bonchev–Trinajstić information content (AvgIpc) is 3.07. The van der Waals surface area contributed by atoms with E-state index < -0.39 is 11.7 Å². The van der Waals surface area contributed by atoms with Crippen molar-refractivity contribution in [1.82, 2.24) is 14.7 Å². The third-order valence-electron chi connectivity index (χ3n) is 4.70. The fraction of sp³-hybridized carbons (Fsp3) is 0.190. The number of carbonyl (C=O) groups excluding carboxylic acids is 2. The summed E-state index contributed by atoms with van der Waals surface area (Å²) in [6.07, 6.45) is 0.643. The number of para-hydroxylation sites is 1. The van der Waals surface area contributed by atoms with Gasteiger partial charge in [-0.25, -0.2) is 8.78 Å². The number of benzene rings is 2. The first kappa shape index (κ1) is 18.8. The number of rotatable bonds is 4. The minimum Gasteiger partial charge on any atom is -0.333 e. The summed E-state index contributed by atoms with van der Waals surface area (Å²) in [7, 11) is 0. The van der Waals surface area contributed by atoms with E-state index in [0.29, 0.717) is 25.1 Å². The molecule has 1 aliphatic rings. The topological polar surface area (TPSA) is 67.2 Å². The number of carbonyl (C=O) groups is 2. The lowest BCUT2D eigenvalue weighted by molar-refractivity contribution is 0.0745. The van der Waals surface area contributed by atoms with Crippen molar-refractivity contribution >= 4 is 17.5 Å². The van der Waals surface area contributed by atoms with Gasteiger partial charge >= 0.3 is 0 Å². The van der Waals surface area contributed by atoms with Gasteiger partial charge in [-0.2, -0.15) is 5.10 Å². The largest absolute Gasteiger partial charge is 0.333 e. The Morgan fingerprint density at radius 3 is 2.69 bits per heavy atom. The first-order valence-corrected chi connectivity index (χ1v) is 9.19. The van der Waals surface area contributed by atoms with E-state index in [9.17, 15) is 18.4 Å². The molecule has 2 aromatic carbocycles. The number of halogens is 2. The lowest BCUT2D eigenvalue weighted by Crippen LogP contribution is -2.30. The van der Waals surface area contributed by atoms with Gasteiger partial charge in [0.2, 0.25) is 0 Å². The highest BCUT2D eigenvalue weighted by Crippen LogP contribution is 2.19. The predicted molar refractivity (Wildman–Crippen MR) is 102 cm³/mol. The standard InChI is InChI=1S/C21H18F2N4O2/c22-15-6-3-5-14(11-15)13-26-9-4-10-27-19(21(26)29)12-18(25-27)20(28)24-17-8-2-1-7-16(17)23/h1-3,5-8,11-12H,4,9-10,13H2,(H,24,28). The van der Waals surface area contributed by atoms with Crippen molar-refractivity contribution in [3.05, 3.63) is 83.2 Å². The molecule has 0 unspecified atom stereocenters. The molecule has 0 bridgehead atoms. The second-order valence-electron chi connectivity index (χ2n) is 6.78. The van der Waals surface area contributed by atoms with Crippen LogP contribution < -0.4 is 5.32 Å². The van der Waals surface area contributed by atoms with Crippen LogP contribution in [0.4, 0.5) is 14.5 Å². The van der Waals surface area contributed by atoms with Crippen LogP contribution in [0.2, 0.25) is 0 Å². The number of hydrogen-bond acceptors (Lipinski definition) is 3. The lowest BCUT2D eigenvalue weighted by atomic mass is 10.2. The molecule has 1 aliphatic heterocycles. The van der Waals surface area contributed by atoms with Crippen LogP contribution in [-0.4, -0.2) is 33.0 Å². The number of amides is 2. The molecule has 148 valence electrons. The maximum absolute atomic E-state index is 13.8. The molecular formula is C21H18F2N4O2. The Balaban J connectivity index is 1.54. The Kier molecular flexibility index (Phi) is 5.07. The molecule has 0 spiro atoms. The van der Waals surface area contributed by atoms with E-state index in [2.05, 4.69) is 10.4 Å². The summed E-state index contributed by atoms with van der Waals surface area (Å²) < 4.78 is 28.7. The molecule has 2 heterocycles. The highest BCUT2D eigenvalue weighted by Gasteiger charge is 2.26. The number of aryl methyl sites for hydroxylation is 1. The summed E-state index contributed by atoms with van der Waals surface area (Å²) in [5.74, 6) is -1.80. The van der Waals surface area contributed by atoms with Crippen molar-refractivity contribution in [2.24, 2.45) is 0 Å². The zero-order chi connectivity index (χ0) is 20.4. The summed E-state index contributed by atoms with van der Waals surface area (Å²) in [5.41, 5.74) is 1.03. The molecule has 1 aromatic heterocycles. The fourth-order valence-electron chi connectivity index (χ4n) is 3.30. The van der Waals surface area contributed by atoms with Crippen LogP contribution >= 0.6 is 0 Å². The molecule has 0 atom stereocenters. The molecule has 0 saturated carbocycles. The van der Waals surface area contributed by atoms with E-state index in [1.54, 1.807) is 23.1 Å². The number of nitrogens with zero attached hydrogens (tertiary/aromatic N) is 3. The molecular weight excluding hydrogens is 378 g/mol. The van der Waals surface area contributed by atoms with Gasteiger partial charge in [-0.05, 0) is 36.2 Å². The molecule has 29 heavy (non-hydrogen) atoms. The van der Waals surface area contributed by atoms with Crippen LogP contribution in [0, 0.1) is 11.6 Å². The first-order valence-electron chi connectivity index (χ1n) is 9.19. The van der Waals surface area contributed by atoms with Crippen LogP contribution in [0.3, 0.4) is 0 Å². The zero-order valence-electron chi connectivity index (χ0n) is 15.4. The Morgan fingerprint density at radius 2 is 1.90 bits per heavy atom. The molecule has 4 rings (SSSR count). The van der Waals surface area contributed by atoms with Crippen LogP contribution in [0.25, 0.3) is 0 Å². The summed E-state index contributed by atoms with van der Waals surface area (Å²) in [6, 6.07) is 13.3. The Bertz CT molecular complexity index is 1080. The minimum absolute atomic E-state index is 0.0317. The molecule has 0 saturated heterocycles. The molecule has 0 radical (unpaired) electrons. The smallest absolute Gasteiger partial charge is 0.276 e. The Labute approximate surface area is 165 Å². The van der Waals surface area contributed by atoms with E-state index in [-0.39, 0.29) is 35.3 Å². The van der Waals surface area contributed by atoms with Crippen molar-refractivity contribution in [1.29, 1.82) is 0 Å². The second-order valence-corrected chi connectivity index (χ2v) is 6.78. The predicted octanol–water partition coefficient (Wildman–Crippen LogP) is 3.46. The lowest BCUT2D eigenvalue weighted by Gasteiger charge is -2.20. The Morgan fingerprint density at radius 1 is 1.07 bits per heavy atom. The molecule has 1 N–H and O–H groups in total. The third-order valence-corrected chi connectivity index (χ3v) is 4.70. The highest BCUT2D eigenvalue weighted by molar-refractivity contribution is 6.04. The minimum atomic E-state index is -0.597. The maximum atomic E-state index is 13.8. The van der Waals surface area contributed by atoms with Gasteiger partial charge in [0.15, 0.2) is 5.69 Å². The van der Waals surface area contributed by atoms with E-state index in [0.717, 1.165) is 0 Å². The number of fused-ring (bicyclic) bond motifs is 1. The first-order chi connectivity index (χ1) is 14.0. The number of aromatic nitrogens is 2. The van der Waals surface area contributed by atoms with Gasteiger partial charge in [-0.3, -0.25) is 14.3 Å². The maximum Gasteiger partial charge on any atom is 0.276 e. The van der Waals surface area contributed by atoms with Crippen LogP contribution in [0.5, 0.6) is 0 Å². The second kappa shape index (κ2) is 7.83. The van der Waals surface area contributed by atoms with Gasteiger partial charge in [0, 0.05) is 25.7 Å². The summed E-state index contributed by atoms with van der Waals surface area (Å²) >= 11 is 0. The van der Waals surface area contributed by atoms with E-state index in [1.807, 2.05) is 0 Å². The molecule has 8 heteroatoms. The van der Waals surface area contributed by atoms with Crippen LogP contribution in [0.15, 0.2) is 54.6 Å². The molecule has 2 amide bonds. The average molecular weight is 396 g/mol. The molecule has 0 fully saturated rings. The van der Waals surface area contributed by atoms with E-state index in [4.69, 9.17) is 0 Å². The van der Waals surface area contributed by atoms with Gasteiger partial charge in [-0.15, -0.1) is 0 Å². The van der Waals surface area contributed by atoms with Gasteiger partial charge < -0.3 is 10.2 Å². The monoisotopic (exact) mass is 396 g/mol. The zero-order valence-corrected chi connectivity index (χ0v) is 15.4. The third kappa shape index (κ3) is 4.01. The summed E-state index contributed by atoms with van der Waals surface area (Å²) in [4.78, 5) is 27.0. The van der Waals surface area contributed by atoms with E-state index >= 15 is 0 Å². The number of nitrogens with one attached hydrogen (secondary N) is 1. The number of anilines is 1. The van der Waals surface area contributed by atoms with Gasteiger partial charge in [0.05, 0.1) is 5.69 Å². The highest BCUT2D eigenvalue weighted by atomic mass is 19.1. The van der Waals surface area contributed by atoms with Crippen molar-refractivity contribution in [3.63, 3.8) is 0 Å². The molecule has 0 aliphatic carbocycles. The van der Waals surface area contributed by atoms with Crippen molar-refractivity contribution < 1.29 is 18.4 Å². The van der Waals surface area contributed by atoms with Gasteiger partial charge in [0.25, 0.3) is 11.8 Å². The van der Waals surface area contributed by atoms with Crippen LogP contribution in [0.1, 0.15) is 33.0 Å². The summed E-state index contributed by atoms with van der Waals surface area (Å²) in [6.45, 7) is 1.22. The normalized spacial score (nSPS) is 13.7. The quantitative estimate of drug-likeness (QED) is 0.735. The summed E-state index contributed by atoms with van der Waals surface area (Å²) in [5, 5.41) is 6.68. The fourth-order valence-corrected chi connectivity index (χ4v) is 3.30. The van der Waals surface area contributed by atoms with Gasteiger partial charge in [0.1, 0.15) is 17.3 Å². The SMILES string of the molecule is O=C(Nc1ccccc1F)c1cc2n(n1)CCCN(Cc1cccc(F)c1)C2=O. The number of hydrogen-bond donors (Lipinski definition) is 1. The van der Waals surface area contributed by atoms with Crippen molar-refractivity contribution in [2.75, 3.05) is 11.9 Å². The molecule has 6 nitrogen and oxygen atoms in total. The molecule has 3 aromatic rings. The Hall–Kier alpha value is -3.55. The van der Waals surface area contributed by atoms with Crippen LogP contribution in [-0.2, 0) is 13.1 Å². The van der Waals surface area contributed by atoms with Crippen molar-refractivity contribution in [2.45, 2.75) is 19.5 Å².